The third-order valence-corrected chi connectivity index (χ3v) is 3.17. The topological polar surface area (TPSA) is 41.8 Å². The van der Waals surface area contributed by atoms with Gasteiger partial charge in [0.25, 0.3) is 0 Å². The van der Waals surface area contributed by atoms with Crippen LogP contribution in [0.3, 0.4) is 0 Å². The summed E-state index contributed by atoms with van der Waals surface area (Å²) in [6.45, 7) is 4.57. The van der Waals surface area contributed by atoms with Crippen molar-refractivity contribution in [3.05, 3.63) is 65.2 Å². The maximum atomic E-state index is 8.88. The Balaban J connectivity index is 1.99. The molecule has 0 saturated heterocycles. The van der Waals surface area contributed by atoms with E-state index in [1.807, 2.05) is 31.2 Å². The molecule has 0 bridgehead atoms. The highest BCUT2D eigenvalue weighted by Gasteiger charge is 2.02. The van der Waals surface area contributed by atoms with Crippen LogP contribution in [0, 0.1) is 6.92 Å². The van der Waals surface area contributed by atoms with Gasteiger partial charge in [-0.2, -0.15) is 0 Å². The molecule has 0 atom stereocenters. The van der Waals surface area contributed by atoms with Crippen molar-refractivity contribution in [2.75, 3.05) is 0 Å². The predicted molar refractivity (Wildman–Crippen MR) is 80.6 cm³/mol. The molecule has 1 N–H and O–H groups in total. The Morgan fingerprint density at radius 3 is 2.25 bits per heavy atom. The molecule has 20 heavy (non-hydrogen) atoms. The number of aryl methyl sites for hydroxylation is 1. The van der Waals surface area contributed by atoms with E-state index in [9.17, 15) is 0 Å². The van der Waals surface area contributed by atoms with E-state index in [1.165, 1.54) is 5.56 Å². The molecule has 0 spiro atoms. The van der Waals surface area contributed by atoms with E-state index in [1.54, 1.807) is 0 Å². The molecule has 2 aromatic rings. The average molecular weight is 269 g/mol. The normalized spacial score (nSPS) is 11.4. The van der Waals surface area contributed by atoms with Gasteiger partial charge in [-0.15, -0.1) is 0 Å². The maximum absolute atomic E-state index is 8.88. The van der Waals surface area contributed by atoms with Gasteiger partial charge in [0.2, 0.25) is 0 Å². The van der Waals surface area contributed by atoms with Gasteiger partial charge in [-0.3, -0.25) is 0 Å². The first-order valence-electron chi connectivity index (χ1n) is 6.72. The van der Waals surface area contributed by atoms with E-state index in [0.29, 0.717) is 18.7 Å². The summed E-state index contributed by atoms with van der Waals surface area (Å²) in [5.74, 6) is 0.808. The Morgan fingerprint density at radius 2 is 1.70 bits per heavy atom. The summed E-state index contributed by atoms with van der Waals surface area (Å²) in [5, 5.41) is 12.2. The van der Waals surface area contributed by atoms with E-state index < -0.39 is 0 Å². The molecular formula is C17H19NO2. The molecule has 0 saturated carbocycles. The van der Waals surface area contributed by atoms with Gasteiger partial charge < -0.3 is 9.94 Å². The summed E-state index contributed by atoms with van der Waals surface area (Å²) in [5.41, 5.74) is 3.98. The summed E-state index contributed by atoms with van der Waals surface area (Å²) in [6.07, 6.45) is 0.695. The van der Waals surface area contributed by atoms with Crippen LogP contribution < -0.4 is 4.74 Å². The minimum atomic E-state index is 0.550. The van der Waals surface area contributed by atoms with Crippen molar-refractivity contribution in [2.24, 2.45) is 5.16 Å². The lowest BCUT2D eigenvalue weighted by Crippen LogP contribution is -1.99. The smallest absolute Gasteiger partial charge is 0.119 e. The second-order valence-electron chi connectivity index (χ2n) is 4.70. The maximum Gasteiger partial charge on any atom is 0.119 e. The highest BCUT2D eigenvalue weighted by Crippen LogP contribution is 2.16. The molecule has 2 rings (SSSR count). The van der Waals surface area contributed by atoms with Crippen molar-refractivity contribution in [1.82, 2.24) is 0 Å². The van der Waals surface area contributed by atoms with E-state index in [-0.39, 0.29) is 0 Å². The van der Waals surface area contributed by atoms with Crippen LogP contribution in [-0.4, -0.2) is 10.9 Å². The van der Waals surface area contributed by atoms with Crippen LogP contribution in [-0.2, 0) is 6.61 Å². The van der Waals surface area contributed by atoms with E-state index in [4.69, 9.17) is 9.94 Å². The number of oxime groups is 1. The first-order valence-corrected chi connectivity index (χ1v) is 6.72. The van der Waals surface area contributed by atoms with Crippen LogP contribution in [0.2, 0.25) is 0 Å². The van der Waals surface area contributed by atoms with E-state index >= 15 is 0 Å². The number of benzene rings is 2. The quantitative estimate of drug-likeness (QED) is 0.503. The van der Waals surface area contributed by atoms with Gasteiger partial charge in [-0.1, -0.05) is 41.9 Å². The second kappa shape index (κ2) is 6.75. The van der Waals surface area contributed by atoms with Gasteiger partial charge in [-0.05, 0) is 48.7 Å². The summed E-state index contributed by atoms with van der Waals surface area (Å²) in [7, 11) is 0. The van der Waals surface area contributed by atoms with Crippen molar-refractivity contribution < 1.29 is 9.94 Å². The van der Waals surface area contributed by atoms with Gasteiger partial charge in [0.15, 0.2) is 0 Å². The Kier molecular flexibility index (Phi) is 4.77. The van der Waals surface area contributed by atoms with Gasteiger partial charge in [0, 0.05) is 0 Å². The van der Waals surface area contributed by atoms with Crippen LogP contribution in [0.15, 0.2) is 53.7 Å². The molecule has 0 heterocycles. The van der Waals surface area contributed by atoms with Gasteiger partial charge in [0.05, 0.1) is 5.71 Å². The number of ether oxygens (including phenoxy) is 1. The standard InChI is InChI=1S/C17H19NO2/c1-3-17(18-19)15-8-10-16(11-9-15)20-12-14-6-4-13(2)5-7-14/h4-11,19H,3,12H2,1-2H3/b18-17+. The molecule has 0 aliphatic rings. The minimum absolute atomic E-state index is 0.550. The Morgan fingerprint density at radius 1 is 1.05 bits per heavy atom. The fourth-order valence-corrected chi connectivity index (χ4v) is 1.93. The predicted octanol–water partition coefficient (Wildman–Crippen LogP) is 4.16. The molecule has 3 nitrogen and oxygen atoms in total. The van der Waals surface area contributed by atoms with Gasteiger partial charge in [-0.25, -0.2) is 0 Å². The van der Waals surface area contributed by atoms with Crippen molar-refractivity contribution in [1.29, 1.82) is 0 Å². The number of nitrogens with zero attached hydrogens (tertiary/aromatic N) is 1. The van der Waals surface area contributed by atoms with Crippen molar-refractivity contribution >= 4 is 5.71 Å². The van der Waals surface area contributed by atoms with Crippen LogP contribution in [0.25, 0.3) is 0 Å². The summed E-state index contributed by atoms with van der Waals surface area (Å²) < 4.78 is 5.73. The SMILES string of the molecule is CC/C(=N\O)c1ccc(OCc2ccc(C)cc2)cc1. The fourth-order valence-electron chi connectivity index (χ4n) is 1.93. The second-order valence-corrected chi connectivity index (χ2v) is 4.70. The highest BCUT2D eigenvalue weighted by atomic mass is 16.5. The highest BCUT2D eigenvalue weighted by molar-refractivity contribution is 6.00. The summed E-state index contributed by atoms with van der Waals surface area (Å²) in [6, 6.07) is 15.9. The molecular weight excluding hydrogens is 250 g/mol. The van der Waals surface area contributed by atoms with E-state index in [0.717, 1.165) is 16.9 Å². The minimum Gasteiger partial charge on any atom is -0.489 e. The van der Waals surface area contributed by atoms with Crippen LogP contribution in [0.5, 0.6) is 5.75 Å². The third-order valence-electron chi connectivity index (χ3n) is 3.17. The van der Waals surface area contributed by atoms with Crippen molar-refractivity contribution in [2.45, 2.75) is 26.9 Å². The zero-order valence-electron chi connectivity index (χ0n) is 11.8. The molecule has 0 radical (unpaired) electrons. The molecule has 0 amide bonds. The summed E-state index contributed by atoms with van der Waals surface area (Å²) in [4.78, 5) is 0. The lowest BCUT2D eigenvalue weighted by atomic mass is 10.1. The van der Waals surface area contributed by atoms with Gasteiger partial charge >= 0.3 is 0 Å². The first-order chi connectivity index (χ1) is 9.72. The van der Waals surface area contributed by atoms with Crippen molar-refractivity contribution in [3.63, 3.8) is 0 Å². The monoisotopic (exact) mass is 269 g/mol. The Labute approximate surface area is 119 Å². The van der Waals surface area contributed by atoms with Crippen LogP contribution in [0.1, 0.15) is 30.0 Å². The number of rotatable bonds is 5. The summed E-state index contributed by atoms with van der Waals surface area (Å²) >= 11 is 0. The lowest BCUT2D eigenvalue weighted by Gasteiger charge is -2.08. The van der Waals surface area contributed by atoms with E-state index in [2.05, 4.69) is 36.3 Å². The van der Waals surface area contributed by atoms with Crippen molar-refractivity contribution in [3.8, 4) is 5.75 Å². The molecule has 0 aromatic heterocycles. The molecule has 104 valence electrons. The van der Waals surface area contributed by atoms with Crippen LogP contribution in [0.4, 0.5) is 0 Å². The first kappa shape index (κ1) is 14.1. The zero-order valence-corrected chi connectivity index (χ0v) is 11.8. The van der Waals surface area contributed by atoms with Gasteiger partial charge in [0.1, 0.15) is 12.4 Å². The lowest BCUT2D eigenvalue weighted by molar-refractivity contribution is 0.306. The average Bonchev–Trinajstić information content (AvgIpc) is 2.49. The molecule has 2 aromatic carbocycles. The molecule has 0 unspecified atom stereocenters. The fraction of sp³-hybridized carbons (Fsp3) is 0.235. The number of hydrogen-bond donors (Lipinski definition) is 1. The molecule has 0 fully saturated rings. The number of hydrogen-bond acceptors (Lipinski definition) is 3. The largest absolute Gasteiger partial charge is 0.489 e. The van der Waals surface area contributed by atoms with Crippen LogP contribution >= 0.6 is 0 Å². The Hall–Kier alpha value is -2.29. The molecule has 0 aliphatic carbocycles. The molecule has 0 aliphatic heterocycles. The molecule has 3 heteroatoms. The third kappa shape index (κ3) is 3.60. The zero-order chi connectivity index (χ0) is 14.4. The Bertz CT molecular complexity index is 571.